The van der Waals surface area contributed by atoms with Crippen molar-refractivity contribution in [3.63, 3.8) is 0 Å². The highest BCUT2D eigenvalue weighted by atomic mass is 32.2. The number of hydrogen-bond acceptors (Lipinski definition) is 6. The number of anilines is 1. The van der Waals surface area contributed by atoms with Crippen LogP contribution in [-0.2, 0) is 21.2 Å². The fraction of sp³-hybridized carbons (Fsp3) is 0.179. The van der Waals surface area contributed by atoms with Gasteiger partial charge in [0.15, 0.2) is 0 Å². The maximum atomic E-state index is 13.0. The number of aryl methyl sites for hydroxylation is 1. The number of hydrogen-bond donors (Lipinski definition) is 3. The second-order valence-electron chi connectivity index (χ2n) is 8.65. The van der Waals surface area contributed by atoms with Crippen LogP contribution in [-0.4, -0.2) is 26.4 Å². The van der Waals surface area contributed by atoms with Crippen LogP contribution in [0, 0.1) is 0 Å². The Balaban J connectivity index is 1.46. The molecular formula is C28H28N2O5S. The minimum Gasteiger partial charge on any atom is -0.508 e. The van der Waals surface area contributed by atoms with Crippen molar-refractivity contribution in [1.29, 1.82) is 0 Å². The van der Waals surface area contributed by atoms with E-state index in [0.717, 1.165) is 27.6 Å². The van der Waals surface area contributed by atoms with Gasteiger partial charge in [-0.3, -0.25) is 4.79 Å². The molecule has 1 atom stereocenters. The van der Waals surface area contributed by atoms with Crippen LogP contribution in [0.1, 0.15) is 30.0 Å². The number of fused-ring (bicyclic) bond motifs is 1. The number of primary sulfonamides is 1. The molecule has 0 aliphatic carbocycles. The van der Waals surface area contributed by atoms with Crippen molar-refractivity contribution >= 4 is 32.3 Å². The molecule has 0 spiro atoms. The lowest BCUT2D eigenvalue weighted by Gasteiger charge is -2.20. The number of ketones is 1. The summed E-state index contributed by atoms with van der Waals surface area (Å²) in [7, 11) is -2.15. The van der Waals surface area contributed by atoms with Crippen molar-refractivity contribution in [3.8, 4) is 11.5 Å². The zero-order chi connectivity index (χ0) is 25.7. The fourth-order valence-corrected chi connectivity index (χ4v) is 4.59. The third kappa shape index (κ3) is 6.41. The van der Waals surface area contributed by atoms with Gasteiger partial charge in [-0.25, -0.2) is 13.6 Å². The second-order valence-corrected chi connectivity index (χ2v) is 10.2. The molecule has 0 aliphatic heterocycles. The molecule has 0 amide bonds. The second kappa shape index (κ2) is 10.8. The normalized spacial score (nSPS) is 12.3. The maximum Gasteiger partial charge on any atom is 0.238 e. The van der Waals surface area contributed by atoms with Crippen LogP contribution in [0.3, 0.4) is 0 Å². The van der Waals surface area contributed by atoms with Crippen molar-refractivity contribution in [1.82, 2.24) is 0 Å². The molecule has 4 aromatic rings. The van der Waals surface area contributed by atoms with Gasteiger partial charge in [-0.15, -0.1) is 0 Å². The minimum absolute atomic E-state index is 0.0131. The van der Waals surface area contributed by atoms with Gasteiger partial charge in [-0.1, -0.05) is 36.4 Å². The Kier molecular flexibility index (Phi) is 7.57. The Morgan fingerprint density at radius 2 is 1.61 bits per heavy atom. The number of rotatable bonds is 10. The van der Waals surface area contributed by atoms with Crippen LogP contribution >= 0.6 is 0 Å². The smallest absolute Gasteiger partial charge is 0.238 e. The first kappa shape index (κ1) is 25.2. The van der Waals surface area contributed by atoms with Crippen LogP contribution in [0.5, 0.6) is 11.5 Å². The van der Waals surface area contributed by atoms with E-state index in [4.69, 9.17) is 9.88 Å². The first-order valence-corrected chi connectivity index (χ1v) is 13.0. The molecule has 0 saturated heterocycles. The number of Topliss-reactive ketones (excluding diaryl/α,β-unsaturated/α-hetero) is 1. The molecule has 0 bridgehead atoms. The van der Waals surface area contributed by atoms with Crippen LogP contribution < -0.4 is 15.2 Å². The number of benzene rings is 4. The van der Waals surface area contributed by atoms with Gasteiger partial charge in [0.25, 0.3) is 0 Å². The highest BCUT2D eigenvalue weighted by molar-refractivity contribution is 7.89. The van der Waals surface area contributed by atoms with Gasteiger partial charge in [0.1, 0.15) is 17.3 Å². The quantitative estimate of drug-likeness (QED) is 0.281. The van der Waals surface area contributed by atoms with Crippen molar-refractivity contribution in [3.05, 3.63) is 96.1 Å². The Labute approximate surface area is 210 Å². The molecule has 0 fully saturated rings. The lowest BCUT2D eigenvalue weighted by Crippen LogP contribution is -2.16. The Morgan fingerprint density at radius 3 is 2.28 bits per heavy atom. The van der Waals surface area contributed by atoms with Gasteiger partial charge in [0.05, 0.1) is 18.0 Å². The van der Waals surface area contributed by atoms with Crippen LogP contribution in [0.2, 0.25) is 0 Å². The first-order valence-electron chi connectivity index (χ1n) is 11.5. The zero-order valence-corrected chi connectivity index (χ0v) is 20.7. The standard InChI is InChI=1S/C28H28N2O5S/c1-35-26-13-7-21-16-19(2-4-22(21)17-26)3-10-25(32)18-28(20-5-11-24(31)12-6-20)30-23-8-14-27(15-9-23)36(29,33)34/h2,4-9,11-17,28,30-31H,3,10,18H2,1H3,(H2,29,33,34). The van der Waals surface area contributed by atoms with E-state index in [1.807, 2.05) is 30.3 Å². The van der Waals surface area contributed by atoms with E-state index in [0.29, 0.717) is 18.5 Å². The summed E-state index contributed by atoms with van der Waals surface area (Å²) in [6.45, 7) is 0. The summed E-state index contributed by atoms with van der Waals surface area (Å²) in [4.78, 5) is 13.0. The molecule has 0 saturated carbocycles. The predicted octanol–water partition coefficient (Wildman–Crippen LogP) is 4.95. The van der Waals surface area contributed by atoms with E-state index in [9.17, 15) is 18.3 Å². The Bertz CT molecular complexity index is 1470. The summed E-state index contributed by atoms with van der Waals surface area (Å²) >= 11 is 0. The van der Waals surface area contributed by atoms with Gasteiger partial charge < -0.3 is 15.2 Å². The Morgan fingerprint density at radius 1 is 0.944 bits per heavy atom. The maximum absolute atomic E-state index is 13.0. The molecule has 4 aromatic carbocycles. The van der Waals surface area contributed by atoms with Crippen molar-refractivity contribution in [2.75, 3.05) is 12.4 Å². The number of nitrogens with two attached hydrogens (primary N) is 1. The molecule has 4 N–H and O–H groups in total. The van der Waals surface area contributed by atoms with Crippen LogP contribution in [0.15, 0.2) is 89.8 Å². The van der Waals surface area contributed by atoms with Gasteiger partial charge in [-0.05, 0) is 76.9 Å². The Hall–Kier alpha value is -3.88. The molecular weight excluding hydrogens is 476 g/mol. The number of nitrogens with one attached hydrogen (secondary N) is 1. The number of sulfonamides is 1. The van der Waals surface area contributed by atoms with Gasteiger partial charge >= 0.3 is 0 Å². The van der Waals surface area contributed by atoms with Gasteiger partial charge in [0.2, 0.25) is 10.0 Å². The van der Waals surface area contributed by atoms with Gasteiger partial charge in [0, 0.05) is 18.5 Å². The van der Waals surface area contributed by atoms with Crippen LogP contribution in [0.25, 0.3) is 10.8 Å². The number of phenolic OH excluding ortho intramolecular Hbond substituents is 1. The summed E-state index contributed by atoms with van der Waals surface area (Å²) in [6, 6.07) is 24.4. The molecule has 7 nitrogen and oxygen atoms in total. The zero-order valence-electron chi connectivity index (χ0n) is 19.8. The number of aromatic hydroxyl groups is 1. The van der Waals surface area contributed by atoms with E-state index >= 15 is 0 Å². The summed E-state index contributed by atoms with van der Waals surface area (Å²) < 4.78 is 28.4. The van der Waals surface area contributed by atoms with Crippen molar-refractivity contribution in [2.24, 2.45) is 5.14 Å². The monoisotopic (exact) mass is 504 g/mol. The third-order valence-corrected chi connectivity index (χ3v) is 6.98. The van der Waals surface area contributed by atoms with E-state index in [1.165, 1.54) is 12.1 Å². The summed E-state index contributed by atoms with van der Waals surface area (Å²) in [5, 5.41) is 20.3. The number of carbonyl (C=O) groups excluding carboxylic acids is 1. The molecule has 4 rings (SSSR count). The van der Waals surface area contributed by atoms with Crippen molar-refractivity contribution in [2.45, 2.75) is 30.2 Å². The van der Waals surface area contributed by atoms with E-state index in [2.05, 4.69) is 11.4 Å². The summed E-state index contributed by atoms with van der Waals surface area (Å²) in [5.74, 6) is 1.02. The number of methoxy groups -OCH3 is 1. The number of ether oxygens (including phenoxy) is 1. The fourth-order valence-electron chi connectivity index (χ4n) is 4.07. The average molecular weight is 505 g/mol. The van der Waals surface area contributed by atoms with Crippen molar-refractivity contribution < 1.29 is 23.1 Å². The highest BCUT2D eigenvalue weighted by Crippen LogP contribution is 2.27. The average Bonchev–Trinajstić information content (AvgIpc) is 2.87. The van der Waals surface area contributed by atoms with Crippen LogP contribution in [0.4, 0.5) is 5.69 Å². The third-order valence-electron chi connectivity index (χ3n) is 6.06. The topological polar surface area (TPSA) is 119 Å². The predicted molar refractivity (Wildman–Crippen MR) is 141 cm³/mol. The minimum atomic E-state index is -3.79. The largest absolute Gasteiger partial charge is 0.508 e. The molecule has 8 heteroatoms. The van der Waals surface area contributed by atoms with E-state index < -0.39 is 10.0 Å². The first-order chi connectivity index (χ1) is 17.2. The number of carbonyl (C=O) groups is 1. The lowest BCUT2D eigenvalue weighted by molar-refractivity contribution is -0.119. The molecule has 0 aromatic heterocycles. The summed E-state index contributed by atoms with van der Waals surface area (Å²) in [6.07, 6.45) is 1.22. The summed E-state index contributed by atoms with van der Waals surface area (Å²) in [5.41, 5.74) is 2.56. The van der Waals surface area contributed by atoms with E-state index in [-0.39, 0.29) is 28.9 Å². The molecule has 186 valence electrons. The lowest BCUT2D eigenvalue weighted by atomic mass is 9.97. The molecule has 36 heavy (non-hydrogen) atoms. The molecule has 0 aliphatic rings. The SMILES string of the molecule is COc1ccc2cc(CCC(=O)CC(Nc3ccc(S(N)(=O)=O)cc3)c3ccc(O)cc3)ccc2c1. The number of phenols is 1. The van der Waals surface area contributed by atoms with E-state index in [1.54, 1.807) is 43.5 Å². The molecule has 0 radical (unpaired) electrons. The molecule has 1 unspecified atom stereocenters. The van der Waals surface area contributed by atoms with Gasteiger partial charge in [-0.2, -0.15) is 0 Å². The molecule has 0 heterocycles. The highest BCUT2D eigenvalue weighted by Gasteiger charge is 2.17.